The smallest absolute Gasteiger partial charge is 0.338 e. The summed E-state index contributed by atoms with van der Waals surface area (Å²) in [7, 11) is 1.81. The fraction of sp³-hybridized carbons (Fsp3) is 0.261. The zero-order valence-electron chi connectivity index (χ0n) is 18.0. The normalized spacial score (nSPS) is 15.9. The average molecular weight is 439 g/mol. The number of nitrogens with one attached hydrogen (secondary N) is 3. The molecule has 2 amide bonds. The van der Waals surface area contributed by atoms with Crippen molar-refractivity contribution in [2.24, 2.45) is 0 Å². The van der Waals surface area contributed by atoms with E-state index in [2.05, 4.69) is 16.0 Å². The van der Waals surface area contributed by atoms with Crippen LogP contribution in [0.15, 0.2) is 59.8 Å². The molecule has 0 spiro atoms. The van der Waals surface area contributed by atoms with Gasteiger partial charge in [-0.2, -0.15) is 0 Å². The van der Waals surface area contributed by atoms with Gasteiger partial charge in [-0.25, -0.2) is 9.59 Å². The minimum Gasteiger partial charge on any atom is -0.463 e. The van der Waals surface area contributed by atoms with Gasteiger partial charge in [0.25, 0.3) is 0 Å². The van der Waals surface area contributed by atoms with Gasteiger partial charge in [0.15, 0.2) is 5.11 Å². The van der Waals surface area contributed by atoms with Crippen LogP contribution in [0.5, 0.6) is 0 Å². The third kappa shape index (κ3) is 5.21. The molecule has 0 bridgehead atoms. The Hall–Kier alpha value is -3.39. The molecule has 1 unspecified atom stereocenters. The van der Waals surface area contributed by atoms with E-state index in [1.165, 1.54) is 0 Å². The molecule has 2 aromatic carbocycles. The van der Waals surface area contributed by atoms with Crippen molar-refractivity contribution in [3.63, 3.8) is 0 Å². The van der Waals surface area contributed by atoms with E-state index in [-0.39, 0.29) is 18.6 Å². The first-order valence-corrected chi connectivity index (χ1v) is 10.4. The molecule has 1 aliphatic rings. The van der Waals surface area contributed by atoms with Crippen LogP contribution in [0, 0.1) is 6.92 Å². The highest BCUT2D eigenvalue weighted by Gasteiger charge is 2.33. The Morgan fingerprint density at radius 1 is 1.10 bits per heavy atom. The molecule has 1 heterocycles. The Bertz CT molecular complexity index is 1030. The van der Waals surface area contributed by atoms with Gasteiger partial charge < -0.3 is 25.6 Å². The molecular formula is C23H26N4O3S. The maximum Gasteiger partial charge on any atom is 0.338 e. The quantitative estimate of drug-likeness (QED) is 0.476. The Kier molecular flexibility index (Phi) is 6.91. The number of hydrogen-bond donors (Lipinski definition) is 3. The van der Waals surface area contributed by atoms with Gasteiger partial charge in [0.1, 0.15) is 0 Å². The molecule has 8 heteroatoms. The van der Waals surface area contributed by atoms with E-state index < -0.39 is 6.04 Å². The van der Waals surface area contributed by atoms with Gasteiger partial charge in [0, 0.05) is 24.1 Å². The van der Waals surface area contributed by atoms with Gasteiger partial charge in [-0.05, 0) is 68.4 Å². The number of urea groups is 1. The second kappa shape index (κ2) is 9.61. The molecule has 162 valence electrons. The lowest BCUT2D eigenvalue weighted by molar-refractivity contribution is -0.139. The average Bonchev–Trinajstić information content (AvgIpc) is 2.72. The number of nitrogens with zero attached hydrogens (tertiary/aromatic N) is 1. The third-order valence-electron chi connectivity index (χ3n) is 5.03. The van der Waals surface area contributed by atoms with Crippen LogP contribution >= 0.6 is 12.2 Å². The zero-order chi connectivity index (χ0) is 22.5. The molecule has 31 heavy (non-hydrogen) atoms. The fourth-order valence-corrected chi connectivity index (χ4v) is 3.59. The summed E-state index contributed by atoms with van der Waals surface area (Å²) in [5, 5.41) is 9.34. The monoisotopic (exact) mass is 438 g/mol. The van der Waals surface area contributed by atoms with Crippen molar-refractivity contribution < 1.29 is 14.3 Å². The van der Waals surface area contributed by atoms with Crippen LogP contribution in [0.3, 0.4) is 0 Å². The molecule has 7 nitrogen and oxygen atoms in total. The molecule has 2 aromatic rings. The predicted molar refractivity (Wildman–Crippen MR) is 126 cm³/mol. The fourth-order valence-electron chi connectivity index (χ4n) is 3.33. The molecule has 0 fully saturated rings. The van der Waals surface area contributed by atoms with E-state index in [9.17, 15) is 9.59 Å². The van der Waals surface area contributed by atoms with Crippen molar-refractivity contribution in [3.05, 3.63) is 70.9 Å². The lowest BCUT2D eigenvalue weighted by Crippen LogP contribution is -2.46. The third-order valence-corrected chi connectivity index (χ3v) is 5.42. The Balaban J connectivity index is 1.77. The first-order valence-electron chi connectivity index (χ1n) is 9.97. The SMILES string of the molecule is CCOC(=O)C1=C(C)N(C)C(=S)NC1c1ccc(NC(=O)Nc2cccc(C)c2)cc1. The standard InChI is InChI=1S/C23H26N4O3S/c1-5-30-21(28)19-15(3)27(4)23(31)26-20(19)16-9-11-17(12-10-16)24-22(29)25-18-8-6-7-14(2)13-18/h6-13,20H,5H2,1-4H3,(H,26,31)(H2,24,25,29). The molecule has 0 aromatic heterocycles. The van der Waals surface area contributed by atoms with Gasteiger partial charge in [-0.1, -0.05) is 24.3 Å². The van der Waals surface area contributed by atoms with Gasteiger partial charge in [0.2, 0.25) is 0 Å². The van der Waals surface area contributed by atoms with E-state index in [1.54, 1.807) is 31.0 Å². The van der Waals surface area contributed by atoms with E-state index in [0.717, 1.165) is 22.5 Å². The number of carbonyl (C=O) groups excluding carboxylic acids is 2. The minimum absolute atomic E-state index is 0.287. The first-order chi connectivity index (χ1) is 14.8. The van der Waals surface area contributed by atoms with E-state index in [1.807, 2.05) is 50.2 Å². The van der Waals surface area contributed by atoms with Crippen LogP contribution in [-0.4, -0.2) is 35.7 Å². The molecule has 0 aliphatic carbocycles. The second-order valence-electron chi connectivity index (χ2n) is 7.23. The van der Waals surface area contributed by atoms with Gasteiger partial charge in [-0.3, -0.25) is 0 Å². The molecule has 3 rings (SSSR count). The molecule has 0 radical (unpaired) electrons. The van der Waals surface area contributed by atoms with Crippen molar-refractivity contribution in [2.45, 2.75) is 26.8 Å². The number of aryl methyl sites for hydroxylation is 1. The molecule has 1 atom stereocenters. The number of amides is 2. The lowest BCUT2D eigenvalue weighted by atomic mass is 9.95. The predicted octanol–water partition coefficient (Wildman–Crippen LogP) is 4.34. The summed E-state index contributed by atoms with van der Waals surface area (Å²) in [5.74, 6) is -0.383. The Morgan fingerprint density at radius 2 is 1.77 bits per heavy atom. The maximum absolute atomic E-state index is 12.6. The van der Waals surface area contributed by atoms with Crippen LogP contribution in [0.25, 0.3) is 0 Å². The molecule has 1 aliphatic heterocycles. The van der Waals surface area contributed by atoms with Crippen molar-refractivity contribution in [1.82, 2.24) is 10.2 Å². The summed E-state index contributed by atoms with van der Waals surface area (Å²) in [4.78, 5) is 26.6. The second-order valence-corrected chi connectivity index (χ2v) is 7.62. The number of hydrogen-bond acceptors (Lipinski definition) is 4. The number of thiocarbonyl (C=S) groups is 1. The van der Waals surface area contributed by atoms with E-state index in [0.29, 0.717) is 16.4 Å². The van der Waals surface area contributed by atoms with Crippen molar-refractivity contribution >= 4 is 40.7 Å². The Morgan fingerprint density at radius 3 is 2.42 bits per heavy atom. The highest BCUT2D eigenvalue weighted by Crippen LogP contribution is 2.31. The number of anilines is 2. The lowest BCUT2D eigenvalue weighted by Gasteiger charge is -2.35. The van der Waals surface area contributed by atoms with Crippen molar-refractivity contribution in [3.8, 4) is 0 Å². The van der Waals surface area contributed by atoms with Gasteiger partial charge >= 0.3 is 12.0 Å². The highest BCUT2D eigenvalue weighted by atomic mass is 32.1. The summed E-state index contributed by atoms with van der Waals surface area (Å²) in [5.41, 5.74) is 4.50. The number of carbonyl (C=O) groups is 2. The highest BCUT2D eigenvalue weighted by molar-refractivity contribution is 7.80. The summed E-state index contributed by atoms with van der Waals surface area (Å²) in [6.07, 6.45) is 0. The molecule has 3 N–H and O–H groups in total. The zero-order valence-corrected chi connectivity index (χ0v) is 18.8. The van der Waals surface area contributed by atoms with E-state index >= 15 is 0 Å². The maximum atomic E-state index is 12.6. The summed E-state index contributed by atoms with van der Waals surface area (Å²) in [6.45, 7) is 5.87. The number of esters is 1. The number of allylic oxidation sites excluding steroid dienone is 1. The number of benzene rings is 2. The largest absolute Gasteiger partial charge is 0.463 e. The van der Waals surface area contributed by atoms with Crippen LogP contribution < -0.4 is 16.0 Å². The minimum atomic E-state index is -0.432. The van der Waals surface area contributed by atoms with Crippen LogP contribution in [0.4, 0.5) is 16.2 Å². The molecule has 0 saturated heterocycles. The van der Waals surface area contributed by atoms with E-state index in [4.69, 9.17) is 17.0 Å². The summed E-state index contributed by atoms with van der Waals surface area (Å²) < 4.78 is 5.26. The van der Waals surface area contributed by atoms with Crippen LogP contribution in [-0.2, 0) is 9.53 Å². The number of ether oxygens (including phenoxy) is 1. The van der Waals surface area contributed by atoms with Crippen molar-refractivity contribution in [2.75, 3.05) is 24.3 Å². The summed E-state index contributed by atoms with van der Waals surface area (Å²) >= 11 is 5.40. The summed E-state index contributed by atoms with van der Waals surface area (Å²) in [6, 6.07) is 14.1. The molecule has 0 saturated carbocycles. The van der Waals surface area contributed by atoms with Crippen LogP contribution in [0.1, 0.15) is 31.0 Å². The molecular weight excluding hydrogens is 412 g/mol. The van der Waals surface area contributed by atoms with Gasteiger partial charge in [0.05, 0.1) is 18.2 Å². The Labute approximate surface area is 187 Å². The first kappa shape index (κ1) is 22.3. The van der Waals surface area contributed by atoms with Crippen LogP contribution in [0.2, 0.25) is 0 Å². The topological polar surface area (TPSA) is 82.7 Å². The van der Waals surface area contributed by atoms with Crippen molar-refractivity contribution in [1.29, 1.82) is 0 Å². The van der Waals surface area contributed by atoms with Gasteiger partial charge in [-0.15, -0.1) is 0 Å². The number of rotatable bonds is 5.